The van der Waals surface area contributed by atoms with E-state index in [9.17, 15) is 14.4 Å². The van der Waals surface area contributed by atoms with Gasteiger partial charge >= 0.3 is 6.03 Å². The van der Waals surface area contributed by atoms with Gasteiger partial charge in [0.25, 0.3) is 0 Å². The molecule has 2 fully saturated rings. The molecule has 5 rings (SSSR count). The zero-order valence-electron chi connectivity index (χ0n) is 23.6. The summed E-state index contributed by atoms with van der Waals surface area (Å²) < 4.78 is 0. The number of aromatic amines is 1. The largest absolute Gasteiger partial charge is 0.361 e. The molecular formula is C32H41N5O3. The second kappa shape index (κ2) is 12.6. The summed E-state index contributed by atoms with van der Waals surface area (Å²) in [5, 5.41) is 10.4. The molecule has 40 heavy (non-hydrogen) atoms. The molecule has 1 aliphatic heterocycles. The van der Waals surface area contributed by atoms with Crippen LogP contribution in [0.15, 0.2) is 48.7 Å². The SMILES string of the molecule is Cc1ccc(NC(=O)N2CCCCCCNC(=O)C3CC(C(=O)NCCc4c[nH]c5ccccc45)CC32)cc1C. The lowest BCUT2D eigenvalue weighted by atomic mass is 10.0. The minimum atomic E-state index is -0.409. The first-order chi connectivity index (χ1) is 19.4. The third-order valence-corrected chi connectivity index (χ3v) is 8.65. The molecule has 3 unspecified atom stereocenters. The van der Waals surface area contributed by atoms with Gasteiger partial charge in [0.2, 0.25) is 11.8 Å². The Balaban J connectivity index is 1.28. The lowest BCUT2D eigenvalue weighted by Crippen LogP contribution is -2.49. The van der Waals surface area contributed by atoms with E-state index in [1.54, 1.807) is 0 Å². The molecule has 8 heteroatoms. The minimum absolute atomic E-state index is 0.0400. The summed E-state index contributed by atoms with van der Waals surface area (Å²) in [6.45, 7) is 5.80. The number of anilines is 1. The Morgan fingerprint density at radius 3 is 2.67 bits per heavy atom. The van der Waals surface area contributed by atoms with E-state index in [4.69, 9.17) is 0 Å². The molecule has 2 heterocycles. The Labute approximate surface area is 236 Å². The van der Waals surface area contributed by atoms with Gasteiger partial charge in [0.15, 0.2) is 0 Å². The second-order valence-corrected chi connectivity index (χ2v) is 11.4. The van der Waals surface area contributed by atoms with E-state index in [1.807, 2.05) is 61.3 Å². The van der Waals surface area contributed by atoms with Gasteiger partial charge in [-0.2, -0.15) is 0 Å². The van der Waals surface area contributed by atoms with Gasteiger partial charge in [-0.05, 0) is 80.8 Å². The van der Waals surface area contributed by atoms with Crippen molar-refractivity contribution in [3.8, 4) is 0 Å². The van der Waals surface area contributed by atoms with Crippen molar-refractivity contribution in [1.29, 1.82) is 0 Å². The van der Waals surface area contributed by atoms with Crippen molar-refractivity contribution in [1.82, 2.24) is 20.5 Å². The molecule has 1 aliphatic carbocycles. The number of fused-ring (bicyclic) bond motifs is 2. The number of carbonyl (C=O) groups is 3. The third-order valence-electron chi connectivity index (χ3n) is 8.65. The molecular weight excluding hydrogens is 502 g/mol. The number of aromatic nitrogens is 1. The Morgan fingerprint density at radius 2 is 1.82 bits per heavy atom. The number of para-hydroxylation sites is 1. The molecule has 3 atom stereocenters. The van der Waals surface area contributed by atoms with Crippen molar-refractivity contribution in [3.63, 3.8) is 0 Å². The maximum absolute atomic E-state index is 13.6. The van der Waals surface area contributed by atoms with E-state index >= 15 is 0 Å². The first kappa shape index (κ1) is 27.7. The normalized spacial score (nSPS) is 21.8. The number of benzene rings is 2. The van der Waals surface area contributed by atoms with Crippen LogP contribution in [0.25, 0.3) is 10.9 Å². The Hall–Kier alpha value is -3.81. The molecule has 8 nitrogen and oxygen atoms in total. The number of urea groups is 1. The number of rotatable bonds is 5. The maximum Gasteiger partial charge on any atom is 0.322 e. The van der Waals surface area contributed by atoms with Crippen LogP contribution in [0.3, 0.4) is 0 Å². The summed E-state index contributed by atoms with van der Waals surface area (Å²) in [6, 6.07) is 13.5. The van der Waals surface area contributed by atoms with E-state index in [-0.39, 0.29) is 29.8 Å². The lowest BCUT2D eigenvalue weighted by molar-refractivity contribution is -0.126. The number of nitrogens with one attached hydrogen (secondary N) is 4. The van der Waals surface area contributed by atoms with E-state index < -0.39 is 5.92 Å². The molecule has 3 aromatic rings. The monoisotopic (exact) mass is 543 g/mol. The highest BCUT2D eigenvalue weighted by atomic mass is 16.2. The fraction of sp³-hybridized carbons (Fsp3) is 0.469. The van der Waals surface area contributed by atoms with Crippen LogP contribution in [0.2, 0.25) is 0 Å². The smallest absolute Gasteiger partial charge is 0.322 e. The molecule has 0 radical (unpaired) electrons. The van der Waals surface area contributed by atoms with Crippen LogP contribution in [0.5, 0.6) is 0 Å². The van der Waals surface area contributed by atoms with Gasteiger partial charge in [-0.25, -0.2) is 4.79 Å². The quantitative estimate of drug-likeness (QED) is 0.361. The third kappa shape index (κ3) is 6.32. The average Bonchev–Trinajstić information content (AvgIpc) is 3.56. The maximum atomic E-state index is 13.6. The zero-order valence-corrected chi connectivity index (χ0v) is 23.6. The molecule has 1 aromatic heterocycles. The van der Waals surface area contributed by atoms with E-state index in [0.717, 1.165) is 48.9 Å². The van der Waals surface area contributed by atoms with Gasteiger partial charge < -0.3 is 25.8 Å². The highest BCUT2D eigenvalue weighted by Gasteiger charge is 2.45. The summed E-state index contributed by atoms with van der Waals surface area (Å²) in [4.78, 5) is 45.3. The van der Waals surface area contributed by atoms with Crippen LogP contribution < -0.4 is 16.0 Å². The predicted molar refractivity (Wildman–Crippen MR) is 158 cm³/mol. The standard InChI is InChI=1S/C32H41N5O3/c1-21-11-12-25(17-22(21)2)36-32(40)37-16-8-4-3-7-14-33-31(39)27-18-24(19-29(27)37)30(38)34-15-13-23-20-35-28-10-6-5-9-26(23)28/h5-6,9-12,17,20,24,27,29,35H,3-4,7-8,13-16,18-19H2,1-2H3,(H,33,39)(H,34,38)(H,36,40). The molecule has 2 aromatic carbocycles. The first-order valence-electron chi connectivity index (χ1n) is 14.7. The number of H-pyrrole nitrogens is 1. The molecule has 1 saturated carbocycles. The molecule has 1 saturated heterocycles. The van der Waals surface area contributed by atoms with Gasteiger partial charge in [0.1, 0.15) is 0 Å². The summed E-state index contributed by atoms with van der Waals surface area (Å²) >= 11 is 0. The minimum Gasteiger partial charge on any atom is -0.361 e. The summed E-state index contributed by atoms with van der Waals surface area (Å²) in [6.07, 6.45) is 7.47. The van der Waals surface area contributed by atoms with Gasteiger partial charge in [-0.15, -0.1) is 0 Å². The van der Waals surface area contributed by atoms with Crippen LogP contribution >= 0.6 is 0 Å². The van der Waals surface area contributed by atoms with Crippen molar-refractivity contribution in [2.75, 3.05) is 25.0 Å². The van der Waals surface area contributed by atoms with E-state index in [0.29, 0.717) is 32.5 Å². The van der Waals surface area contributed by atoms with E-state index in [2.05, 4.69) is 27.0 Å². The van der Waals surface area contributed by atoms with Crippen molar-refractivity contribution < 1.29 is 14.4 Å². The van der Waals surface area contributed by atoms with Crippen LogP contribution in [-0.4, -0.2) is 53.4 Å². The van der Waals surface area contributed by atoms with Gasteiger partial charge in [0.05, 0.1) is 5.92 Å². The number of amides is 4. The van der Waals surface area contributed by atoms with Gasteiger partial charge in [-0.3, -0.25) is 9.59 Å². The molecule has 0 bridgehead atoms. The highest BCUT2D eigenvalue weighted by molar-refractivity contribution is 5.91. The van der Waals surface area contributed by atoms with Crippen LogP contribution in [-0.2, 0) is 16.0 Å². The van der Waals surface area contributed by atoms with Crippen molar-refractivity contribution in [3.05, 3.63) is 65.4 Å². The summed E-state index contributed by atoms with van der Waals surface area (Å²) in [5.74, 6) is -0.816. The molecule has 212 valence electrons. The number of nitrogens with zero attached hydrogens (tertiary/aromatic N) is 1. The van der Waals surface area contributed by atoms with Gasteiger partial charge in [-0.1, -0.05) is 37.1 Å². The van der Waals surface area contributed by atoms with Crippen LogP contribution in [0, 0.1) is 25.7 Å². The van der Waals surface area contributed by atoms with Crippen molar-refractivity contribution in [2.24, 2.45) is 11.8 Å². The van der Waals surface area contributed by atoms with Crippen LogP contribution in [0.1, 0.15) is 55.2 Å². The van der Waals surface area contributed by atoms with E-state index in [1.165, 1.54) is 16.5 Å². The summed E-state index contributed by atoms with van der Waals surface area (Å²) in [5.41, 5.74) is 5.27. The fourth-order valence-electron chi connectivity index (χ4n) is 6.19. The lowest BCUT2D eigenvalue weighted by Gasteiger charge is -2.32. The number of hydrogen-bond acceptors (Lipinski definition) is 3. The van der Waals surface area contributed by atoms with Crippen molar-refractivity contribution >= 4 is 34.4 Å². The fourth-order valence-corrected chi connectivity index (χ4v) is 6.19. The zero-order chi connectivity index (χ0) is 28.1. The highest BCUT2D eigenvalue weighted by Crippen LogP contribution is 2.36. The van der Waals surface area contributed by atoms with Gasteiger partial charge in [0, 0.05) is 54.4 Å². The predicted octanol–water partition coefficient (Wildman–Crippen LogP) is 5.06. The Bertz CT molecular complexity index is 1370. The second-order valence-electron chi connectivity index (χ2n) is 11.4. The molecule has 4 N–H and O–H groups in total. The topological polar surface area (TPSA) is 106 Å². The number of hydrogen-bond donors (Lipinski definition) is 4. The Kier molecular flexibility index (Phi) is 8.72. The van der Waals surface area contributed by atoms with Crippen LogP contribution in [0.4, 0.5) is 10.5 Å². The number of aryl methyl sites for hydroxylation is 2. The molecule has 4 amide bonds. The summed E-state index contributed by atoms with van der Waals surface area (Å²) in [7, 11) is 0. The number of carbonyl (C=O) groups excluding carboxylic acids is 3. The molecule has 2 aliphatic rings. The first-order valence-corrected chi connectivity index (χ1v) is 14.7. The van der Waals surface area contributed by atoms with Crippen molar-refractivity contribution in [2.45, 2.75) is 64.8 Å². The Morgan fingerprint density at radius 1 is 1.00 bits per heavy atom. The molecule has 0 spiro atoms. The average molecular weight is 544 g/mol.